The average molecular weight is 379 g/mol. The number of aryl methyl sites for hydroxylation is 1. The van der Waals surface area contributed by atoms with E-state index in [1.165, 1.54) is 9.08 Å². The summed E-state index contributed by atoms with van der Waals surface area (Å²) in [7, 11) is 0. The quantitative estimate of drug-likeness (QED) is 0.468. The molecule has 0 fully saturated rings. The molecule has 3 heterocycles. The van der Waals surface area contributed by atoms with E-state index in [1.807, 2.05) is 30.3 Å². The summed E-state index contributed by atoms with van der Waals surface area (Å²) in [6, 6.07) is 12.9. The van der Waals surface area contributed by atoms with Crippen molar-refractivity contribution in [1.29, 1.82) is 0 Å². The second-order valence-corrected chi connectivity index (χ2v) is 6.42. The lowest BCUT2D eigenvalue weighted by Crippen LogP contribution is -2.23. The molecule has 0 saturated carbocycles. The Morgan fingerprint density at radius 3 is 2.79 bits per heavy atom. The lowest BCUT2D eigenvalue weighted by atomic mass is 10.2. The van der Waals surface area contributed by atoms with E-state index in [4.69, 9.17) is 9.26 Å². The van der Waals surface area contributed by atoms with E-state index in [9.17, 15) is 4.79 Å². The molecule has 0 N–H and O–H groups in total. The Morgan fingerprint density at radius 1 is 1.14 bits per heavy atom. The van der Waals surface area contributed by atoms with Crippen molar-refractivity contribution in [2.45, 2.75) is 32.7 Å². The molecule has 0 bridgehead atoms. The van der Waals surface area contributed by atoms with Crippen LogP contribution in [0.3, 0.4) is 0 Å². The van der Waals surface area contributed by atoms with Gasteiger partial charge in [-0.2, -0.15) is 4.98 Å². The molecule has 0 aliphatic carbocycles. The first-order valence-corrected chi connectivity index (χ1v) is 9.34. The Bertz CT molecular complexity index is 1110. The van der Waals surface area contributed by atoms with Crippen LogP contribution in [0.15, 0.2) is 58.0 Å². The van der Waals surface area contributed by atoms with Gasteiger partial charge < -0.3 is 9.26 Å². The van der Waals surface area contributed by atoms with Crippen LogP contribution in [0.1, 0.15) is 25.7 Å². The largest absolute Gasteiger partial charge is 0.492 e. The summed E-state index contributed by atoms with van der Waals surface area (Å²) >= 11 is 0. The number of rotatable bonds is 8. The predicted octanol–water partition coefficient (Wildman–Crippen LogP) is 2.97. The molecule has 28 heavy (non-hydrogen) atoms. The molecule has 4 aromatic rings. The minimum atomic E-state index is -0.175. The zero-order chi connectivity index (χ0) is 19.3. The van der Waals surface area contributed by atoms with Crippen LogP contribution in [-0.4, -0.2) is 30.9 Å². The number of hydrogen-bond donors (Lipinski definition) is 0. The maximum Gasteiger partial charge on any atom is 0.350 e. The Kier molecular flexibility index (Phi) is 5.18. The first-order valence-electron chi connectivity index (χ1n) is 9.34. The van der Waals surface area contributed by atoms with E-state index in [1.54, 1.807) is 18.3 Å². The van der Waals surface area contributed by atoms with Crippen molar-refractivity contribution >= 4 is 5.65 Å². The Balaban J connectivity index is 1.36. The predicted molar refractivity (Wildman–Crippen MR) is 103 cm³/mol. The molecule has 1 aromatic carbocycles. The van der Waals surface area contributed by atoms with Crippen LogP contribution in [0.5, 0.6) is 5.75 Å². The SMILES string of the molecule is CCCCc1nc(-c2ccc(OCCn3nc4ccccn4c3=O)cc2)no1. The van der Waals surface area contributed by atoms with Gasteiger partial charge in [0.1, 0.15) is 12.4 Å². The fourth-order valence-electron chi connectivity index (χ4n) is 2.87. The molecule has 0 spiro atoms. The third-order valence-corrected chi connectivity index (χ3v) is 4.39. The van der Waals surface area contributed by atoms with Gasteiger partial charge in [-0.1, -0.05) is 24.6 Å². The summed E-state index contributed by atoms with van der Waals surface area (Å²) in [5.41, 5.74) is 1.32. The molecule has 0 radical (unpaired) electrons. The van der Waals surface area contributed by atoms with Crippen LogP contribution in [0.4, 0.5) is 0 Å². The number of pyridine rings is 1. The van der Waals surface area contributed by atoms with E-state index in [0.717, 1.165) is 24.8 Å². The third-order valence-electron chi connectivity index (χ3n) is 4.39. The Hall–Kier alpha value is -3.42. The zero-order valence-electron chi connectivity index (χ0n) is 15.6. The molecule has 0 unspecified atom stereocenters. The smallest absolute Gasteiger partial charge is 0.350 e. The second-order valence-electron chi connectivity index (χ2n) is 6.42. The number of nitrogens with zero attached hydrogens (tertiary/aromatic N) is 5. The highest BCUT2D eigenvalue weighted by Crippen LogP contribution is 2.20. The monoisotopic (exact) mass is 379 g/mol. The Labute approximate surface area is 161 Å². The van der Waals surface area contributed by atoms with Crippen LogP contribution in [0, 0.1) is 0 Å². The van der Waals surface area contributed by atoms with Crippen molar-refractivity contribution in [2.24, 2.45) is 0 Å². The third kappa shape index (κ3) is 3.80. The molecule has 144 valence electrons. The summed E-state index contributed by atoms with van der Waals surface area (Å²) in [5, 5.41) is 8.31. The van der Waals surface area contributed by atoms with Gasteiger partial charge in [-0.3, -0.25) is 4.40 Å². The molecule has 0 amide bonds. The number of unbranched alkanes of at least 4 members (excludes halogenated alkanes) is 1. The average Bonchev–Trinajstić information content (AvgIpc) is 3.32. The van der Waals surface area contributed by atoms with E-state index < -0.39 is 0 Å². The molecular formula is C20H21N5O3. The maximum absolute atomic E-state index is 12.2. The van der Waals surface area contributed by atoms with Crippen LogP contribution in [0.2, 0.25) is 0 Å². The molecule has 3 aromatic heterocycles. The highest BCUT2D eigenvalue weighted by molar-refractivity contribution is 5.55. The summed E-state index contributed by atoms with van der Waals surface area (Å²) < 4.78 is 13.9. The number of ether oxygens (including phenoxy) is 1. The second kappa shape index (κ2) is 8.08. The van der Waals surface area contributed by atoms with Gasteiger partial charge in [0.05, 0.1) is 6.54 Å². The van der Waals surface area contributed by atoms with Gasteiger partial charge in [0.15, 0.2) is 5.65 Å². The van der Waals surface area contributed by atoms with Gasteiger partial charge in [0.25, 0.3) is 0 Å². The summed E-state index contributed by atoms with van der Waals surface area (Å²) in [6.07, 6.45) is 4.62. The zero-order valence-corrected chi connectivity index (χ0v) is 15.6. The molecule has 8 heteroatoms. The van der Waals surface area contributed by atoms with Crippen molar-refractivity contribution in [1.82, 2.24) is 24.3 Å². The maximum atomic E-state index is 12.2. The summed E-state index contributed by atoms with van der Waals surface area (Å²) in [4.78, 5) is 16.6. The van der Waals surface area contributed by atoms with E-state index in [-0.39, 0.29) is 5.69 Å². The van der Waals surface area contributed by atoms with Gasteiger partial charge >= 0.3 is 5.69 Å². The minimum Gasteiger partial charge on any atom is -0.492 e. The van der Waals surface area contributed by atoms with Gasteiger partial charge in [-0.15, -0.1) is 5.10 Å². The van der Waals surface area contributed by atoms with Gasteiger partial charge in [-0.25, -0.2) is 9.48 Å². The van der Waals surface area contributed by atoms with E-state index >= 15 is 0 Å². The first-order chi connectivity index (χ1) is 13.7. The van der Waals surface area contributed by atoms with Crippen LogP contribution in [-0.2, 0) is 13.0 Å². The van der Waals surface area contributed by atoms with E-state index in [2.05, 4.69) is 22.2 Å². The molecule has 0 aliphatic rings. The van der Waals surface area contributed by atoms with Crippen molar-refractivity contribution in [2.75, 3.05) is 6.61 Å². The molecule has 0 atom stereocenters. The Morgan fingerprint density at radius 2 is 2.00 bits per heavy atom. The summed E-state index contributed by atoms with van der Waals surface area (Å²) in [6.45, 7) is 2.84. The molecule has 8 nitrogen and oxygen atoms in total. The van der Waals surface area contributed by atoms with Crippen LogP contribution in [0.25, 0.3) is 17.0 Å². The number of fused-ring (bicyclic) bond motifs is 1. The number of hydrogen-bond acceptors (Lipinski definition) is 6. The lowest BCUT2D eigenvalue weighted by Gasteiger charge is -2.05. The normalized spacial score (nSPS) is 11.2. The van der Waals surface area contributed by atoms with E-state index in [0.29, 0.717) is 36.3 Å². The number of benzene rings is 1. The highest BCUT2D eigenvalue weighted by Gasteiger charge is 2.09. The fraction of sp³-hybridized carbons (Fsp3) is 0.300. The standard InChI is InChI=1S/C20H21N5O3/c1-2-3-7-18-21-19(23-28-18)15-8-10-16(11-9-15)27-14-13-25-20(26)24-12-5-4-6-17(24)22-25/h4-6,8-12H,2-3,7,13-14H2,1H3. The molecular weight excluding hydrogens is 358 g/mol. The molecule has 0 aliphatic heterocycles. The lowest BCUT2D eigenvalue weighted by molar-refractivity contribution is 0.289. The van der Waals surface area contributed by atoms with Crippen LogP contribution >= 0.6 is 0 Å². The van der Waals surface area contributed by atoms with Gasteiger partial charge in [0.2, 0.25) is 11.7 Å². The number of aromatic nitrogens is 5. The molecule has 4 rings (SSSR count). The summed E-state index contributed by atoms with van der Waals surface area (Å²) in [5.74, 6) is 1.94. The van der Waals surface area contributed by atoms with Crippen LogP contribution < -0.4 is 10.4 Å². The molecule has 0 saturated heterocycles. The van der Waals surface area contributed by atoms with Crippen molar-refractivity contribution in [3.63, 3.8) is 0 Å². The topological polar surface area (TPSA) is 87.5 Å². The van der Waals surface area contributed by atoms with Gasteiger partial charge in [-0.05, 0) is 42.8 Å². The van der Waals surface area contributed by atoms with Crippen molar-refractivity contribution < 1.29 is 9.26 Å². The van der Waals surface area contributed by atoms with Crippen molar-refractivity contribution in [3.05, 3.63) is 65.0 Å². The fourth-order valence-corrected chi connectivity index (χ4v) is 2.87. The van der Waals surface area contributed by atoms with Gasteiger partial charge in [0, 0.05) is 18.2 Å². The first kappa shape index (κ1) is 18.0. The van der Waals surface area contributed by atoms with Crippen molar-refractivity contribution in [3.8, 4) is 17.1 Å². The highest BCUT2D eigenvalue weighted by atomic mass is 16.5. The minimum absolute atomic E-state index is 0.175.